The van der Waals surface area contributed by atoms with Gasteiger partial charge in [-0.1, -0.05) is 0 Å². The second-order valence-corrected chi connectivity index (χ2v) is 5.12. The third-order valence-corrected chi connectivity index (χ3v) is 3.51. The van der Waals surface area contributed by atoms with E-state index in [1.54, 1.807) is 13.0 Å². The summed E-state index contributed by atoms with van der Waals surface area (Å²) in [6.07, 6.45) is 1.81. The van der Waals surface area contributed by atoms with Gasteiger partial charge in [-0.2, -0.15) is 0 Å². The van der Waals surface area contributed by atoms with Crippen LogP contribution in [0.5, 0.6) is 5.75 Å². The molecule has 1 aromatic heterocycles. The standard InChI is InChI=1S/C15H14O5/c1-15(18)7-9(19-2)6-12-13(15)14(17)10-4-3-8(16)5-11(10)20-12/h3-6,16,18H,7H2,1-2H3. The van der Waals surface area contributed by atoms with E-state index in [0.717, 1.165) is 0 Å². The molecule has 1 heterocycles. The van der Waals surface area contributed by atoms with E-state index in [-0.39, 0.29) is 34.5 Å². The number of benzene rings is 1. The minimum Gasteiger partial charge on any atom is -0.508 e. The largest absolute Gasteiger partial charge is 0.508 e. The number of rotatable bonds is 1. The van der Waals surface area contributed by atoms with Crippen LogP contribution in [0, 0.1) is 0 Å². The van der Waals surface area contributed by atoms with Crippen LogP contribution >= 0.6 is 0 Å². The highest BCUT2D eigenvalue weighted by Gasteiger charge is 2.36. The van der Waals surface area contributed by atoms with Gasteiger partial charge in [-0.15, -0.1) is 0 Å². The van der Waals surface area contributed by atoms with Crippen molar-refractivity contribution in [2.75, 3.05) is 7.11 Å². The van der Waals surface area contributed by atoms with Crippen molar-refractivity contribution >= 4 is 17.0 Å². The molecule has 0 aliphatic heterocycles. The number of aromatic hydroxyl groups is 1. The lowest BCUT2D eigenvalue weighted by Gasteiger charge is -2.28. The third-order valence-electron chi connectivity index (χ3n) is 3.51. The molecule has 2 aromatic rings. The van der Waals surface area contributed by atoms with Crippen LogP contribution in [-0.4, -0.2) is 17.3 Å². The molecule has 20 heavy (non-hydrogen) atoms. The first kappa shape index (κ1) is 12.7. The van der Waals surface area contributed by atoms with Gasteiger partial charge in [0.1, 0.15) is 28.5 Å². The average molecular weight is 274 g/mol. The Morgan fingerprint density at radius 1 is 1.40 bits per heavy atom. The fourth-order valence-electron chi connectivity index (χ4n) is 2.57. The fraction of sp³-hybridized carbons (Fsp3) is 0.267. The molecular weight excluding hydrogens is 260 g/mol. The van der Waals surface area contributed by atoms with Crippen LogP contribution in [0.4, 0.5) is 0 Å². The summed E-state index contributed by atoms with van der Waals surface area (Å²) in [6, 6.07) is 4.28. The highest BCUT2D eigenvalue weighted by molar-refractivity contribution is 5.80. The number of ether oxygens (including phenoxy) is 1. The molecule has 2 N–H and O–H groups in total. The van der Waals surface area contributed by atoms with Crippen LogP contribution < -0.4 is 5.43 Å². The minimum atomic E-state index is -1.35. The van der Waals surface area contributed by atoms with Gasteiger partial charge in [0.05, 0.1) is 18.1 Å². The maximum atomic E-state index is 12.5. The fourth-order valence-corrected chi connectivity index (χ4v) is 2.57. The smallest absolute Gasteiger partial charge is 0.199 e. The van der Waals surface area contributed by atoms with Gasteiger partial charge >= 0.3 is 0 Å². The van der Waals surface area contributed by atoms with Crippen molar-refractivity contribution in [2.45, 2.75) is 18.9 Å². The Bertz CT molecular complexity index is 783. The lowest BCUT2D eigenvalue weighted by Crippen LogP contribution is -2.33. The molecule has 0 amide bonds. The first-order chi connectivity index (χ1) is 9.42. The number of fused-ring (bicyclic) bond motifs is 2. The van der Waals surface area contributed by atoms with Gasteiger partial charge in [0.2, 0.25) is 0 Å². The van der Waals surface area contributed by atoms with E-state index in [0.29, 0.717) is 11.1 Å². The van der Waals surface area contributed by atoms with Gasteiger partial charge in [0.15, 0.2) is 5.43 Å². The van der Waals surface area contributed by atoms with E-state index >= 15 is 0 Å². The number of aliphatic hydroxyl groups is 1. The van der Waals surface area contributed by atoms with E-state index in [4.69, 9.17) is 9.15 Å². The summed E-state index contributed by atoms with van der Waals surface area (Å²) in [5.74, 6) is 0.811. The Morgan fingerprint density at radius 3 is 2.85 bits per heavy atom. The first-order valence-electron chi connectivity index (χ1n) is 6.19. The molecule has 0 saturated carbocycles. The predicted molar refractivity (Wildman–Crippen MR) is 73.3 cm³/mol. The maximum Gasteiger partial charge on any atom is 0.199 e. The monoisotopic (exact) mass is 274 g/mol. The highest BCUT2D eigenvalue weighted by Crippen LogP contribution is 2.36. The van der Waals surface area contributed by atoms with Crippen LogP contribution in [0.2, 0.25) is 0 Å². The molecule has 5 nitrogen and oxygen atoms in total. The Hall–Kier alpha value is -2.27. The SMILES string of the molecule is COC1=Cc2oc3cc(O)ccc3c(=O)c2C(C)(O)C1. The van der Waals surface area contributed by atoms with Gasteiger partial charge in [-0.05, 0) is 19.1 Å². The molecule has 1 aromatic carbocycles. The summed E-state index contributed by atoms with van der Waals surface area (Å²) >= 11 is 0. The minimum absolute atomic E-state index is 0.0131. The van der Waals surface area contributed by atoms with E-state index in [1.165, 1.54) is 25.3 Å². The summed E-state index contributed by atoms with van der Waals surface area (Å²) in [5, 5.41) is 20.3. The van der Waals surface area contributed by atoms with E-state index < -0.39 is 5.60 Å². The van der Waals surface area contributed by atoms with Gasteiger partial charge in [0, 0.05) is 18.6 Å². The van der Waals surface area contributed by atoms with Crippen LogP contribution in [-0.2, 0) is 10.3 Å². The van der Waals surface area contributed by atoms with Crippen molar-refractivity contribution in [3.63, 3.8) is 0 Å². The van der Waals surface area contributed by atoms with Crippen molar-refractivity contribution in [1.29, 1.82) is 0 Å². The quantitative estimate of drug-likeness (QED) is 0.832. The topological polar surface area (TPSA) is 79.9 Å². The van der Waals surface area contributed by atoms with Gasteiger partial charge in [0.25, 0.3) is 0 Å². The van der Waals surface area contributed by atoms with Crippen LogP contribution in [0.3, 0.4) is 0 Å². The zero-order valence-corrected chi connectivity index (χ0v) is 11.1. The molecule has 1 aliphatic rings. The molecular formula is C15H14O5. The zero-order chi connectivity index (χ0) is 14.5. The molecule has 104 valence electrons. The average Bonchev–Trinajstić information content (AvgIpc) is 2.36. The van der Waals surface area contributed by atoms with Crippen molar-refractivity contribution in [1.82, 2.24) is 0 Å². The number of phenols is 1. The second kappa shape index (κ2) is 4.11. The molecule has 5 heteroatoms. The molecule has 1 atom stereocenters. The molecule has 3 rings (SSSR count). The van der Waals surface area contributed by atoms with E-state index in [1.807, 2.05) is 0 Å². The molecule has 0 spiro atoms. The van der Waals surface area contributed by atoms with Gasteiger partial charge < -0.3 is 19.4 Å². The first-order valence-corrected chi connectivity index (χ1v) is 6.19. The summed E-state index contributed by atoms with van der Waals surface area (Å²) in [6.45, 7) is 1.56. The summed E-state index contributed by atoms with van der Waals surface area (Å²) < 4.78 is 10.8. The molecule has 0 fully saturated rings. The summed E-state index contributed by atoms with van der Waals surface area (Å²) in [7, 11) is 1.50. The Labute approximate surface area is 114 Å². The number of phenolic OH excluding ortho intramolecular Hbond substituents is 1. The zero-order valence-electron chi connectivity index (χ0n) is 11.1. The lowest BCUT2D eigenvalue weighted by molar-refractivity contribution is 0.0373. The van der Waals surface area contributed by atoms with Crippen molar-refractivity contribution < 1.29 is 19.4 Å². The highest BCUT2D eigenvalue weighted by atomic mass is 16.5. The normalized spacial score (nSPS) is 21.4. The molecule has 1 aliphatic carbocycles. The van der Waals surface area contributed by atoms with Crippen molar-refractivity contribution in [3.05, 3.63) is 45.5 Å². The van der Waals surface area contributed by atoms with Crippen molar-refractivity contribution in [3.8, 4) is 5.75 Å². The number of hydrogen-bond acceptors (Lipinski definition) is 5. The van der Waals surface area contributed by atoms with Gasteiger partial charge in [-0.25, -0.2) is 0 Å². The number of hydrogen-bond donors (Lipinski definition) is 2. The second-order valence-electron chi connectivity index (χ2n) is 5.12. The van der Waals surface area contributed by atoms with E-state index in [9.17, 15) is 15.0 Å². The van der Waals surface area contributed by atoms with Gasteiger partial charge in [-0.3, -0.25) is 4.79 Å². The lowest BCUT2D eigenvalue weighted by atomic mass is 9.85. The van der Waals surface area contributed by atoms with Crippen LogP contribution in [0.1, 0.15) is 24.7 Å². The Morgan fingerprint density at radius 2 is 2.15 bits per heavy atom. The van der Waals surface area contributed by atoms with E-state index in [2.05, 4.69) is 0 Å². The molecule has 0 saturated heterocycles. The van der Waals surface area contributed by atoms with Crippen LogP contribution in [0.15, 0.2) is 33.2 Å². The van der Waals surface area contributed by atoms with Crippen LogP contribution in [0.25, 0.3) is 17.0 Å². The summed E-state index contributed by atoms with van der Waals surface area (Å²) in [5.41, 5.74) is -1.14. The Kier molecular flexibility index (Phi) is 2.62. The molecule has 1 unspecified atom stereocenters. The maximum absolute atomic E-state index is 12.5. The third kappa shape index (κ3) is 1.78. The molecule has 0 radical (unpaired) electrons. The number of methoxy groups -OCH3 is 1. The molecule has 0 bridgehead atoms. The summed E-state index contributed by atoms with van der Waals surface area (Å²) in [4.78, 5) is 12.5. The van der Waals surface area contributed by atoms with Crippen molar-refractivity contribution in [2.24, 2.45) is 0 Å². The Balaban J connectivity index is 2.41. The predicted octanol–water partition coefficient (Wildman–Crippen LogP) is 2.10.